The molecular weight excluding hydrogens is 573 g/mol. The Morgan fingerprint density at radius 2 is 1.63 bits per heavy atom. The molecular formula is C28H31BrFN3O4S. The molecule has 0 aliphatic heterocycles. The van der Waals surface area contributed by atoms with Gasteiger partial charge in [0, 0.05) is 17.1 Å². The lowest BCUT2D eigenvalue weighted by atomic mass is 10.1. The summed E-state index contributed by atoms with van der Waals surface area (Å²) in [5.41, 5.74) is 1.32. The molecule has 0 aromatic heterocycles. The van der Waals surface area contributed by atoms with Crippen molar-refractivity contribution in [1.29, 1.82) is 0 Å². The summed E-state index contributed by atoms with van der Waals surface area (Å²) in [6.07, 6.45) is 0. The highest BCUT2D eigenvalue weighted by Crippen LogP contribution is 2.27. The van der Waals surface area contributed by atoms with Crippen molar-refractivity contribution in [3.63, 3.8) is 0 Å². The lowest BCUT2D eigenvalue weighted by Gasteiger charge is -2.32. The molecule has 202 valence electrons. The van der Waals surface area contributed by atoms with Gasteiger partial charge in [-0.2, -0.15) is 0 Å². The van der Waals surface area contributed by atoms with Gasteiger partial charge in [-0.1, -0.05) is 57.9 Å². The van der Waals surface area contributed by atoms with Crippen molar-refractivity contribution in [3.05, 3.63) is 94.2 Å². The number of nitrogens with zero attached hydrogens (tertiary/aromatic N) is 2. The van der Waals surface area contributed by atoms with Gasteiger partial charge >= 0.3 is 0 Å². The molecule has 2 amide bonds. The first-order chi connectivity index (χ1) is 17.9. The van der Waals surface area contributed by atoms with Crippen LogP contribution in [0.25, 0.3) is 0 Å². The molecule has 0 spiro atoms. The predicted molar refractivity (Wildman–Crippen MR) is 150 cm³/mol. The van der Waals surface area contributed by atoms with Crippen LogP contribution < -0.4 is 9.62 Å². The molecule has 38 heavy (non-hydrogen) atoms. The number of benzene rings is 3. The molecule has 3 rings (SSSR count). The maximum atomic E-state index is 14.9. The number of carbonyl (C=O) groups is 2. The smallest absolute Gasteiger partial charge is 0.264 e. The SMILES string of the molecule is Cc1ccc(S(=O)(=O)N(CC(=O)N(Cc2cccc(Br)c2)C(C)C(=O)NC(C)C)c2ccccc2F)cc1. The Bertz CT molecular complexity index is 1400. The molecule has 7 nitrogen and oxygen atoms in total. The standard InChI is InChI=1S/C28H31BrFN3O4S/c1-19(2)31-28(35)21(4)32(17-22-8-7-9-23(29)16-22)27(34)18-33(26-11-6-5-10-25(26)30)38(36,37)24-14-12-20(3)13-15-24/h5-16,19,21H,17-18H2,1-4H3,(H,31,35). The van der Waals surface area contributed by atoms with Crippen LogP contribution in [-0.2, 0) is 26.2 Å². The molecule has 0 fully saturated rings. The zero-order valence-corrected chi connectivity index (χ0v) is 24.1. The van der Waals surface area contributed by atoms with E-state index in [0.29, 0.717) is 0 Å². The van der Waals surface area contributed by atoms with Gasteiger partial charge in [-0.05, 0) is 69.7 Å². The van der Waals surface area contributed by atoms with Crippen LogP contribution >= 0.6 is 15.9 Å². The van der Waals surface area contributed by atoms with E-state index in [1.807, 2.05) is 19.1 Å². The number of para-hydroxylation sites is 1. The number of hydrogen-bond acceptors (Lipinski definition) is 4. The second-order valence-electron chi connectivity index (χ2n) is 9.27. The number of amides is 2. The number of sulfonamides is 1. The van der Waals surface area contributed by atoms with E-state index in [0.717, 1.165) is 26.0 Å². The second-order valence-corrected chi connectivity index (χ2v) is 12.0. The van der Waals surface area contributed by atoms with E-state index in [2.05, 4.69) is 21.2 Å². The Morgan fingerprint density at radius 3 is 2.24 bits per heavy atom. The largest absolute Gasteiger partial charge is 0.352 e. The van der Waals surface area contributed by atoms with Crippen molar-refractivity contribution in [3.8, 4) is 0 Å². The van der Waals surface area contributed by atoms with E-state index in [1.54, 1.807) is 45.0 Å². The zero-order valence-electron chi connectivity index (χ0n) is 21.7. The summed E-state index contributed by atoms with van der Waals surface area (Å²) in [6, 6.07) is 17.6. The Hall–Kier alpha value is -3.24. The number of nitrogens with one attached hydrogen (secondary N) is 1. The molecule has 10 heteroatoms. The van der Waals surface area contributed by atoms with E-state index < -0.39 is 34.3 Å². The molecule has 0 aliphatic carbocycles. The van der Waals surface area contributed by atoms with Gasteiger partial charge in [0.05, 0.1) is 10.6 Å². The molecule has 1 N–H and O–H groups in total. The third kappa shape index (κ3) is 7.20. The van der Waals surface area contributed by atoms with Gasteiger partial charge in [-0.25, -0.2) is 12.8 Å². The van der Waals surface area contributed by atoms with Crippen LogP contribution in [0.2, 0.25) is 0 Å². The predicted octanol–water partition coefficient (Wildman–Crippen LogP) is 5.03. The van der Waals surface area contributed by atoms with Crippen molar-refractivity contribution in [2.75, 3.05) is 10.8 Å². The summed E-state index contributed by atoms with van der Waals surface area (Å²) in [5, 5.41) is 2.80. The van der Waals surface area contributed by atoms with E-state index in [9.17, 15) is 22.4 Å². The van der Waals surface area contributed by atoms with E-state index in [-0.39, 0.29) is 29.1 Å². The van der Waals surface area contributed by atoms with E-state index in [4.69, 9.17) is 0 Å². The number of aryl methyl sites for hydroxylation is 1. The molecule has 0 aliphatic rings. The average Bonchev–Trinajstić information content (AvgIpc) is 2.85. The zero-order chi connectivity index (χ0) is 28.0. The number of rotatable bonds is 10. The van der Waals surface area contributed by atoms with Gasteiger partial charge in [0.15, 0.2) is 0 Å². The minimum absolute atomic E-state index is 0.0423. The lowest BCUT2D eigenvalue weighted by Crippen LogP contribution is -2.52. The fourth-order valence-electron chi connectivity index (χ4n) is 3.82. The van der Waals surface area contributed by atoms with Crippen LogP contribution in [0.1, 0.15) is 31.9 Å². The van der Waals surface area contributed by atoms with Crippen LogP contribution in [0.3, 0.4) is 0 Å². The molecule has 0 bridgehead atoms. The normalized spacial score (nSPS) is 12.2. The summed E-state index contributed by atoms with van der Waals surface area (Å²) < 4.78 is 43.9. The second kappa shape index (κ2) is 12.5. The fraction of sp³-hybridized carbons (Fsp3) is 0.286. The maximum absolute atomic E-state index is 14.9. The molecule has 1 unspecified atom stereocenters. The molecule has 3 aromatic carbocycles. The highest BCUT2D eigenvalue weighted by molar-refractivity contribution is 9.10. The molecule has 0 radical (unpaired) electrons. The topological polar surface area (TPSA) is 86.8 Å². The number of anilines is 1. The first kappa shape index (κ1) is 29.3. The Morgan fingerprint density at radius 1 is 0.974 bits per heavy atom. The third-order valence-electron chi connectivity index (χ3n) is 5.85. The van der Waals surface area contributed by atoms with Crippen LogP contribution in [-0.4, -0.2) is 43.8 Å². The summed E-state index contributed by atoms with van der Waals surface area (Å²) in [7, 11) is -4.33. The van der Waals surface area contributed by atoms with Gasteiger partial charge in [0.1, 0.15) is 18.4 Å². The van der Waals surface area contributed by atoms with Gasteiger partial charge < -0.3 is 10.2 Å². The highest BCUT2D eigenvalue weighted by atomic mass is 79.9. The monoisotopic (exact) mass is 603 g/mol. The first-order valence-electron chi connectivity index (χ1n) is 12.1. The Balaban J connectivity index is 2.05. The summed E-state index contributed by atoms with van der Waals surface area (Å²) in [4.78, 5) is 27.9. The van der Waals surface area contributed by atoms with Crippen molar-refractivity contribution < 1.29 is 22.4 Å². The van der Waals surface area contributed by atoms with Crippen LogP contribution in [0.4, 0.5) is 10.1 Å². The number of halogens is 2. The first-order valence-corrected chi connectivity index (χ1v) is 14.3. The van der Waals surface area contributed by atoms with Gasteiger partial charge in [0.2, 0.25) is 11.8 Å². The van der Waals surface area contributed by atoms with Gasteiger partial charge in [0.25, 0.3) is 10.0 Å². The number of hydrogen-bond donors (Lipinski definition) is 1. The van der Waals surface area contributed by atoms with Crippen LogP contribution in [0.5, 0.6) is 0 Å². The molecule has 0 saturated heterocycles. The minimum atomic E-state index is -4.33. The van der Waals surface area contributed by atoms with Crippen molar-refractivity contribution >= 4 is 43.5 Å². The summed E-state index contributed by atoms with van der Waals surface area (Å²) in [6.45, 7) is 6.34. The quantitative estimate of drug-likeness (QED) is 0.352. The Kier molecular flexibility index (Phi) is 9.67. The summed E-state index contributed by atoms with van der Waals surface area (Å²) >= 11 is 3.41. The lowest BCUT2D eigenvalue weighted by molar-refractivity contribution is -0.139. The van der Waals surface area contributed by atoms with E-state index in [1.165, 1.54) is 35.2 Å². The highest BCUT2D eigenvalue weighted by Gasteiger charge is 2.33. The Labute approximate surface area is 231 Å². The van der Waals surface area contributed by atoms with Gasteiger partial charge in [-0.15, -0.1) is 0 Å². The molecule has 0 saturated carbocycles. The minimum Gasteiger partial charge on any atom is -0.352 e. The van der Waals surface area contributed by atoms with Crippen molar-refractivity contribution in [2.45, 2.75) is 51.2 Å². The van der Waals surface area contributed by atoms with Crippen LogP contribution in [0.15, 0.2) is 82.2 Å². The van der Waals surface area contributed by atoms with E-state index >= 15 is 0 Å². The third-order valence-corrected chi connectivity index (χ3v) is 8.12. The molecule has 3 aromatic rings. The van der Waals surface area contributed by atoms with Gasteiger partial charge in [-0.3, -0.25) is 13.9 Å². The molecule has 1 atom stereocenters. The van der Waals surface area contributed by atoms with Crippen LogP contribution in [0, 0.1) is 12.7 Å². The van der Waals surface area contributed by atoms with Crippen molar-refractivity contribution in [1.82, 2.24) is 10.2 Å². The van der Waals surface area contributed by atoms with Crippen molar-refractivity contribution in [2.24, 2.45) is 0 Å². The molecule has 0 heterocycles. The average molecular weight is 605 g/mol. The summed E-state index contributed by atoms with van der Waals surface area (Å²) in [5.74, 6) is -1.84. The maximum Gasteiger partial charge on any atom is 0.264 e. The fourth-order valence-corrected chi connectivity index (χ4v) is 5.69. The number of carbonyl (C=O) groups excluding carboxylic acids is 2.